The summed E-state index contributed by atoms with van der Waals surface area (Å²) in [6.45, 7) is 2.14. The predicted molar refractivity (Wildman–Crippen MR) is 79.4 cm³/mol. The molecule has 1 aromatic rings. The number of carbonyl (C=O) groups is 1. The van der Waals surface area contributed by atoms with Crippen LogP contribution in [0.5, 0.6) is 0 Å². The van der Waals surface area contributed by atoms with Crippen molar-refractivity contribution in [1.29, 1.82) is 0 Å². The van der Waals surface area contributed by atoms with Crippen LogP contribution < -0.4 is 10.9 Å². The minimum absolute atomic E-state index is 0.0553. The zero-order chi connectivity index (χ0) is 14.8. The third-order valence-electron chi connectivity index (χ3n) is 3.76. The minimum atomic E-state index is -0.528. The Balaban J connectivity index is 1.92. The largest absolute Gasteiger partial charge is 0.394 e. The number of aryl methyl sites for hydroxylation is 1. The van der Waals surface area contributed by atoms with Gasteiger partial charge in [0.25, 0.3) is 5.56 Å². The molecule has 6 heteroatoms. The maximum Gasteiger partial charge on any atom is 0.250 e. The Morgan fingerprint density at radius 1 is 1.55 bits per heavy atom. The number of nitrogens with zero attached hydrogens (tertiary/aromatic N) is 1. The van der Waals surface area contributed by atoms with Gasteiger partial charge in [0.1, 0.15) is 0 Å². The van der Waals surface area contributed by atoms with E-state index < -0.39 is 5.54 Å². The highest BCUT2D eigenvalue weighted by molar-refractivity contribution is 9.10. The second-order valence-corrected chi connectivity index (χ2v) is 6.44. The average Bonchev–Trinajstić information content (AvgIpc) is 3.24. The summed E-state index contributed by atoms with van der Waals surface area (Å²) >= 11 is 3.30. The molecule has 20 heavy (non-hydrogen) atoms. The van der Waals surface area contributed by atoms with Gasteiger partial charge in [0, 0.05) is 29.7 Å². The van der Waals surface area contributed by atoms with E-state index in [0.29, 0.717) is 12.5 Å². The molecule has 0 aromatic carbocycles. The summed E-state index contributed by atoms with van der Waals surface area (Å²) < 4.78 is 2.30. The zero-order valence-electron chi connectivity index (χ0n) is 11.4. The van der Waals surface area contributed by atoms with E-state index in [1.807, 2.05) is 6.92 Å². The molecule has 2 rings (SSSR count). The molecule has 110 valence electrons. The predicted octanol–water partition coefficient (Wildman–Crippen LogP) is 1.28. The smallest absolute Gasteiger partial charge is 0.250 e. The summed E-state index contributed by atoms with van der Waals surface area (Å²) in [5.41, 5.74) is -0.660. The monoisotopic (exact) mass is 342 g/mol. The highest BCUT2D eigenvalue weighted by Gasteiger charge is 2.41. The van der Waals surface area contributed by atoms with E-state index in [4.69, 9.17) is 0 Å². The number of hydrogen-bond donors (Lipinski definition) is 2. The van der Waals surface area contributed by atoms with Gasteiger partial charge < -0.3 is 15.0 Å². The van der Waals surface area contributed by atoms with E-state index in [0.717, 1.165) is 17.3 Å². The van der Waals surface area contributed by atoms with Crippen LogP contribution in [0.4, 0.5) is 0 Å². The first-order valence-corrected chi connectivity index (χ1v) is 7.52. The lowest BCUT2D eigenvalue weighted by Crippen LogP contribution is -2.51. The lowest BCUT2D eigenvalue weighted by molar-refractivity contribution is -0.124. The van der Waals surface area contributed by atoms with Gasteiger partial charge in [0.2, 0.25) is 5.91 Å². The Morgan fingerprint density at radius 3 is 2.85 bits per heavy atom. The molecule has 5 nitrogen and oxygen atoms in total. The molecule has 1 heterocycles. The second-order valence-electron chi connectivity index (χ2n) is 5.53. The molecule has 0 saturated heterocycles. The third-order valence-corrected chi connectivity index (χ3v) is 4.23. The van der Waals surface area contributed by atoms with E-state index in [-0.39, 0.29) is 24.5 Å². The molecule has 1 aromatic heterocycles. The van der Waals surface area contributed by atoms with Crippen molar-refractivity contribution in [3.8, 4) is 0 Å². The zero-order valence-corrected chi connectivity index (χ0v) is 13.0. The van der Waals surface area contributed by atoms with Gasteiger partial charge in [-0.3, -0.25) is 9.59 Å². The fourth-order valence-electron chi connectivity index (χ4n) is 2.27. The first-order valence-electron chi connectivity index (χ1n) is 6.72. The van der Waals surface area contributed by atoms with Crippen molar-refractivity contribution in [1.82, 2.24) is 9.88 Å². The van der Waals surface area contributed by atoms with Crippen molar-refractivity contribution in [2.45, 2.75) is 38.3 Å². The molecule has 0 spiro atoms. The van der Waals surface area contributed by atoms with Gasteiger partial charge in [-0.1, -0.05) is 0 Å². The van der Waals surface area contributed by atoms with Crippen LogP contribution in [-0.2, 0) is 11.3 Å². The quantitative estimate of drug-likeness (QED) is 0.817. The first kappa shape index (κ1) is 15.3. The molecule has 0 aliphatic heterocycles. The third kappa shape index (κ3) is 3.70. The molecule has 1 fully saturated rings. The van der Waals surface area contributed by atoms with Gasteiger partial charge >= 0.3 is 0 Å². The first-order chi connectivity index (χ1) is 9.44. The average molecular weight is 343 g/mol. The summed E-state index contributed by atoms with van der Waals surface area (Å²) in [6, 6.07) is 3.14. The Hall–Kier alpha value is -1.14. The summed E-state index contributed by atoms with van der Waals surface area (Å²) in [6.07, 6.45) is 3.98. The van der Waals surface area contributed by atoms with Gasteiger partial charge in [0.05, 0.1) is 12.1 Å². The highest BCUT2D eigenvalue weighted by Crippen LogP contribution is 2.39. The molecule has 0 radical (unpaired) electrons. The van der Waals surface area contributed by atoms with Gasteiger partial charge in [0.15, 0.2) is 0 Å². The van der Waals surface area contributed by atoms with Gasteiger partial charge in [-0.05, 0) is 47.7 Å². The number of aromatic nitrogens is 1. The fraction of sp³-hybridized carbons (Fsp3) is 0.571. The summed E-state index contributed by atoms with van der Waals surface area (Å²) in [5.74, 6) is 0.227. The van der Waals surface area contributed by atoms with Crippen LogP contribution in [-0.4, -0.2) is 27.7 Å². The molecule has 0 bridgehead atoms. The number of carbonyl (C=O) groups excluding carboxylic acids is 1. The van der Waals surface area contributed by atoms with Crippen molar-refractivity contribution in [2.24, 2.45) is 5.92 Å². The van der Waals surface area contributed by atoms with Crippen molar-refractivity contribution in [3.05, 3.63) is 33.2 Å². The Morgan fingerprint density at radius 2 is 2.25 bits per heavy atom. The summed E-state index contributed by atoms with van der Waals surface area (Å²) in [7, 11) is 0. The van der Waals surface area contributed by atoms with Gasteiger partial charge in [-0.2, -0.15) is 0 Å². The van der Waals surface area contributed by atoms with Crippen molar-refractivity contribution < 1.29 is 9.90 Å². The normalized spacial score (nSPS) is 17.6. The topological polar surface area (TPSA) is 71.3 Å². The van der Waals surface area contributed by atoms with E-state index in [2.05, 4.69) is 21.2 Å². The molecule has 1 aliphatic rings. The number of pyridine rings is 1. The lowest BCUT2D eigenvalue weighted by atomic mass is 9.97. The van der Waals surface area contributed by atoms with Crippen LogP contribution in [0.25, 0.3) is 0 Å². The molecule has 1 atom stereocenters. The maximum atomic E-state index is 12.0. The van der Waals surface area contributed by atoms with Crippen LogP contribution in [0.1, 0.15) is 26.2 Å². The molecule has 1 saturated carbocycles. The van der Waals surface area contributed by atoms with E-state index >= 15 is 0 Å². The molecule has 1 aliphatic carbocycles. The maximum absolute atomic E-state index is 12.0. The Labute approximate surface area is 126 Å². The number of hydrogen-bond acceptors (Lipinski definition) is 3. The fourth-order valence-corrected chi connectivity index (χ4v) is 2.65. The molecular formula is C14H19BrN2O3. The number of amides is 1. The van der Waals surface area contributed by atoms with Crippen LogP contribution in [0, 0.1) is 5.92 Å². The van der Waals surface area contributed by atoms with Crippen molar-refractivity contribution >= 4 is 21.8 Å². The van der Waals surface area contributed by atoms with Crippen LogP contribution in [0.3, 0.4) is 0 Å². The molecule has 1 unspecified atom stereocenters. The van der Waals surface area contributed by atoms with E-state index in [1.165, 1.54) is 10.6 Å². The molecule has 2 N–H and O–H groups in total. The number of halogens is 1. The van der Waals surface area contributed by atoms with Crippen LogP contribution in [0.15, 0.2) is 27.6 Å². The highest BCUT2D eigenvalue weighted by atomic mass is 79.9. The number of nitrogens with one attached hydrogen (secondary N) is 1. The number of aliphatic hydroxyl groups excluding tert-OH is 1. The SMILES string of the molecule is CC(CO)(NC(=O)CCn1cc(Br)ccc1=O)C1CC1. The summed E-state index contributed by atoms with van der Waals surface area (Å²) in [4.78, 5) is 23.6. The minimum Gasteiger partial charge on any atom is -0.394 e. The van der Waals surface area contributed by atoms with Crippen molar-refractivity contribution in [3.63, 3.8) is 0 Å². The Bertz CT molecular complexity index is 554. The van der Waals surface area contributed by atoms with Crippen molar-refractivity contribution in [2.75, 3.05) is 6.61 Å². The molecular weight excluding hydrogens is 324 g/mol. The number of rotatable bonds is 6. The van der Waals surface area contributed by atoms with Gasteiger partial charge in [-0.25, -0.2) is 0 Å². The van der Waals surface area contributed by atoms with E-state index in [9.17, 15) is 14.7 Å². The standard InChI is InChI=1S/C14H19BrN2O3/c1-14(9-18,10-2-3-10)16-12(19)6-7-17-8-11(15)4-5-13(17)20/h4-5,8,10,18H,2-3,6-7,9H2,1H3,(H,16,19). The lowest BCUT2D eigenvalue weighted by Gasteiger charge is -2.28. The Kier molecular flexibility index (Phi) is 4.65. The van der Waals surface area contributed by atoms with E-state index in [1.54, 1.807) is 12.3 Å². The summed E-state index contributed by atoms with van der Waals surface area (Å²) in [5, 5.41) is 12.3. The number of aliphatic hydroxyl groups is 1. The molecule has 1 amide bonds. The van der Waals surface area contributed by atoms with Crippen LogP contribution in [0.2, 0.25) is 0 Å². The second kappa shape index (κ2) is 6.10. The van der Waals surface area contributed by atoms with Crippen LogP contribution >= 0.6 is 15.9 Å². The van der Waals surface area contributed by atoms with Gasteiger partial charge in [-0.15, -0.1) is 0 Å².